The second kappa shape index (κ2) is 10.1. The Kier molecular flexibility index (Phi) is 7.59. The Balaban J connectivity index is 1.97. The average molecular weight is 401 g/mol. The monoisotopic (exact) mass is 401 g/mol. The number of hydrogen-bond acceptors (Lipinski definition) is 7. The Hall–Kier alpha value is -3.55. The van der Waals surface area contributed by atoms with Gasteiger partial charge in [0.15, 0.2) is 23.9 Å². The van der Waals surface area contributed by atoms with Crippen molar-refractivity contribution in [3.05, 3.63) is 47.5 Å². The molecule has 0 bridgehead atoms. The number of Topliss-reactive ketones (excluding diaryl/α,β-unsaturated/α-hetero) is 1. The molecule has 0 radical (unpaired) electrons. The molecule has 0 spiro atoms. The summed E-state index contributed by atoms with van der Waals surface area (Å²) in [6.07, 6.45) is -0.0640. The fourth-order valence-corrected chi connectivity index (χ4v) is 2.63. The zero-order valence-electron chi connectivity index (χ0n) is 16.7. The Morgan fingerprint density at radius 3 is 1.97 bits per heavy atom. The minimum Gasteiger partial charge on any atom is -0.493 e. The molecular weight excluding hydrogens is 378 g/mol. The molecule has 0 unspecified atom stereocenters. The van der Waals surface area contributed by atoms with E-state index in [2.05, 4.69) is 5.32 Å². The van der Waals surface area contributed by atoms with Crippen LogP contribution < -0.4 is 19.5 Å². The summed E-state index contributed by atoms with van der Waals surface area (Å²) in [4.78, 5) is 35.4. The molecule has 154 valence electrons. The van der Waals surface area contributed by atoms with Gasteiger partial charge >= 0.3 is 5.97 Å². The van der Waals surface area contributed by atoms with Crippen molar-refractivity contribution >= 4 is 23.3 Å². The van der Waals surface area contributed by atoms with Gasteiger partial charge in [0.2, 0.25) is 11.7 Å². The van der Waals surface area contributed by atoms with Crippen LogP contribution in [-0.4, -0.2) is 45.6 Å². The highest BCUT2D eigenvalue weighted by atomic mass is 16.5. The maximum atomic E-state index is 12.2. The Morgan fingerprint density at radius 1 is 0.897 bits per heavy atom. The van der Waals surface area contributed by atoms with E-state index in [9.17, 15) is 14.4 Å². The fourth-order valence-electron chi connectivity index (χ4n) is 2.63. The molecule has 29 heavy (non-hydrogen) atoms. The number of amides is 1. The van der Waals surface area contributed by atoms with Crippen molar-refractivity contribution in [2.24, 2.45) is 0 Å². The third kappa shape index (κ3) is 5.97. The smallest absolute Gasteiger partial charge is 0.310 e. The molecule has 2 aromatic rings. The third-order valence-corrected chi connectivity index (χ3v) is 3.96. The van der Waals surface area contributed by atoms with Crippen LogP contribution in [0.4, 0.5) is 5.69 Å². The largest absolute Gasteiger partial charge is 0.493 e. The molecule has 1 amide bonds. The van der Waals surface area contributed by atoms with E-state index >= 15 is 0 Å². The van der Waals surface area contributed by atoms with Crippen LogP contribution in [0.5, 0.6) is 17.2 Å². The topological polar surface area (TPSA) is 100 Å². The van der Waals surface area contributed by atoms with Crippen molar-refractivity contribution in [1.29, 1.82) is 0 Å². The van der Waals surface area contributed by atoms with Crippen LogP contribution in [-0.2, 0) is 20.7 Å². The van der Waals surface area contributed by atoms with Crippen LogP contribution in [0.25, 0.3) is 0 Å². The summed E-state index contributed by atoms with van der Waals surface area (Å²) in [5, 5.41) is 2.61. The van der Waals surface area contributed by atoms with Gasteiger partial charge in [-0.1, -0.05) is 0 Å². The van der Waals surface area contributed by atoms with Gasteiger partial charge in [-0.05, 0) is 42.0 Å². The predicted octanol–water partition coefficient (Wildman–Crippen LogP) is 2.64. The van der Waals surface area contributed by atoms with Crippen LogP contribution in [0.1, 0.15) is 22.8 Å². The van der Waals surface area contributed by atoms with Gasteiger partial charge in [-0.3, -0.25) is 14.4 Å². The zero-order chi connectivity index (χ0) is 21.4. The Morgan fingerprint density at radius 2 is 1.48 bits per heavy atom. The fraction of sp³-hybridized carbons (Fsp3) is 0.286. The first-order chi connectivity index (χ1) is 13.9. The first-order valence-corrected chi connectivity index (χ1v) is 8.73. The lowest BCUT2D eigenvalue weighted by Crippen LogP contribution is -2.16. The predicted molar refractivity (Wildman–Crippen MR) is 106 cm³/mol. The van der Waals surface area contributed by atoms with Crippen molar-refractivity contribution in [2.45, 2.75) is 13.3 Å². The number of anilines is 1. The second-order valence-corrected chi connectivity index (χ2v) is 6.05. The first kappa shape index (κ1) is 21.7. The number of nitrogens with one attached hydrogen (secondary N) is 1. The zero-order valence-corrected chi connectivity index (χ0v) is 16.7. The molecule has 1 N–H and O–H groups in total. The van der Waals surface area contributed by atoms with E-state index in [0.29, 0.717) is 34.1 Å². The molecule has 0 aromatic heterocycles. The number of carbonyl (C=O) groups is 3. The van der Waals surface area contributed by atoms with Crippen LogP contribution in [0.15, 0.2) is 36.4 Å². The van der Waals surface area contributed by atoms with Gasteiger partial charge in [0.1, 0.15) is 0 Å². The normalized spacial score (nSPS) is 10.1. The van der Waals surface area contributed by atoms with Gasteiger partial charge < -0.3 is 24.3 Å². The maximum Gasteiger partial charge on any atom is 0.310 e. The number of ketones is 1. The van der Waals surface area contributed by atoms with Gasteiger partial charge in [0, 0.05) is 18.2 Å². The average Bonchev–Trinajstić information content (AvgIpc) is 2.71. The number of carbonyl (C=O) groups excluding carboxylic acids is 3. The van der Waals surface area contributed by atoms with E-state index in [0.717, 1.165) is 0 Å². The number of methoxy groups -OCH3 is 3. The summed E-state index contributed by atoms with van der Waals surface area (Å²) >= 11 is 0. The van der Waals surface area contributed by atoms with Crippen LogP contribution in [0.2, 0.25) is 0 Å². The Bertz CT molecular complexity index is 865. The van der Waals surface area contributed by atoms with Gasteiger partial charge in [-0.15, -0.1) is 0 Å². The van der Waals surface area contributed by atoms with Crippen LogP contribution in [0, 0.1) is 0 Å². The molecule has 0 atom stereocenters. The summed E-state index contributed by atoms with van der Waals surface area (Å²) in [6, 6.07) is 9.61. The molecule has 0 aliphatic rings. The molecule has 2 aromatic carbocycles. The van der Waals surface area contributed by atoms with Crippen molar-refractivity contribution in [2.75, 3.05) is 33.3 Å². The SMILES string of the molecule is COc1cc(CC(=O)OCC(=O)c2ccc(NC(C)=O)cc2)cc(OC)c1OC. The van der Waals surface area contributed by atoms with Crippen molar-refractivity contribution in [3.63, 3.8) is 0 Å². The maximum absolute atomic E-state index is 12.2. The molecule has 0 saturated carbocycles. The summed E-state index contributed by atoms with van der Waals surface area (Å²) in [6.45, 7) is 1.01. The highest BCUT2D eigenvalue weighted by molar-refractivity contribution is 5.98. The second-order valence-electron chi connectivity index (χ2n) is 6.05. The minimum atomic E-state index is -0.567. The van der Waals surface area contributed by atoms with Gasteiger partial charge in [0.05, 0.1) is 27.8 Å². The van der Waals surface area contributed by atoms with E-state index in [1.165, 1.54) is 28.3 Å². The minimum absolute atomic E-state index is 0.0640. The van der Waals surface area contributed by atoms with Crippen molar-refractivity contribution < 1.29 is 33.3 Å². The van der Waals surface area contributed by atoms with Gasteiger partial charge in [-0.2, -0.15) is 0 Å². The lowest BCUT2D eigenvalue weighted by Gasteiger charge is -2.14. The highest BCUT2D eigenvalue weighted by Gasteiger charge is 2.16. The lowest BCUT2D eigenvalue weighted by molar-refractivity contribution is -0.141. The highest BCUT2D eigenvalue weighted by Crippen LogP contribution is 2.38. The van der Waals surface area contributed by atoms with E-state index in [-0.39, 0.29) is 24.7 Å². The molecule has 0 aliphatic carbocycles. The molecule has 2 rings (SSSR count). The molecule has 8 nitrogen and oxygen atoms in total. The number of hydrogen-bond donors (Lipinski definition) is 1. The molecule has 0 aliphatic heterocycles. The van der Waals surface area contributed by atoms with E-state index in [4.69, 9.17) is 18.9 Å². The van der Waals surface area contributed by atoms with Crippen molar-refractivity contribution in [1.82, 2.24) is 0 Å². The molecule has 8 heteroatoms. The third-order valence-electron chi connectivity index (χ3n) is 3.96. The number of esters is 1. The quantitative estimate of drug-likeness (QED) is 0.509. The summed E-state index contributed by atoms with van der Waals surface area (Å²) in [7, 11) is 4.45. The molecule has 0 heterocycles. The standard InChI is InChI=1S/C21H23NO7/c1-13(23)22-16-7-5-15(6-8-16)17(24)12-29-20(25)11-14-9-18(26-2)21(28-4)19(10-14)27-3/h5-10H,11-12H2,1-4H3,(H,22,23). The van der Waals surface area contributed by atoms with Crippen molar-refractivity contribution in [3.8, 4) is 17.2 Å². The van der Waals surface area contributed by atoms with E-state index in [1.54, 1.807) is 36.4 Å². The first-order valence-electron chi connectivity index (χ1n) is 8.73. The Labute approximate surface area is 168 Å². The number of ether oxygens (including phenoxy) is 4. The molecular formula is C21H23NO7. The van der Waals surface area contributed by atoms with Gasteiger partial charge in [0.25, 0.3) is 0 Å². The molecule has 0 fully saturated rings. The number of benzene rings is 2. The van der Waals surface area contributed by atoms with E-state index in [1.807, 2.05) is 0 Å². The molecule has 0 saturated heterocycles. The van der Waals surface area contributed by atoms with Crippen LogP contribution >= 0.6 is 0 Å². The lowest BCUT2D eigenvalue weighted by atomic mass is 10.1. The number of rotatable bonds is 9. The van der Waals surface area contributed by atoms with Crippen LogP contribution in [0.3, 0.4) is 0 Å². The summed E-state index contributed by atoms with van der Waals surface area (Å²) < 4.78 is 20.8. The van der Waals surface area contributed by atoms with Gasteiger partial charge in [-0.25, -0.2) is 0 Å². The van der Waals surface area contributed by atoms with E-state index < -0.39 is 5.97 Å². The summed E-state index contributed by atoms with van der Waals surface area (Å²) in [5.74, 6) is 0.143. The summed E-state index contributed by atoms with van der Waals surface area (Å²) in [5.41, 5.74) is 1.55.